The number of nitrogens with zero attached hydrogens (tertiary/aromatic N) is 5. The number of aliphatic carboxylic acids is 1. The summed E-state index contributed by atoms with van der Waals surface area (Å²) in [7, 11) is 0. The maximum Gasteiger partial charge on any atom is 0.352 e. The van der Waals surface area contributed by atoms with Gasteiger partial charge in [0, 0.05) is 18.1 Å². The van der Waals surface area contributed by atoms with Gasteiger partial charge in [0.1, 0.15) is 23.6 Å². The lowest BCUT2D eigenvalue weighted by atomic mass is 9.92. The number of carbonyl (C=O) groups excluding carboxylic acids is 2. The molecule has 3 heterocycles. The third kappa shape index (κ3) is 5.22. The van der Waals surface area contributed by atoms with E-state index in [1.165, 1.54) is 39.8 Å². The average molecular weight is 485 g/mol. The lowest BCUT2D eigenvalue weighted by molar-refractivity contribution is -0.152. The number of β-lactam (4-membered cyclic amide) rings is 1. The van der Waals surface area contributed by atoms with Gasteiger partial charge in [0.25, 0.3) is 0 Å². The van der Waals surface area contributed by atoms with Gasteiger partial charge in [-0.1, -0.05) is 28.3 Å². The van der Waals surface area contributed by atoms with E-state index in [1.54, 1.807) is 0 Å². The highest BCUT2D eigenvalue weighted by molar-refractivity contribution is 8.01. The molecule has 0 aromatic carbocycles. The average Bonchev–Trinajstić information content (AvgIpc) is 3.17. The van der Waals surface area contributed by atoms with Crippen molar-refractivity contribution in [2.45, 2.75) is 23.1 Å². The molecule has 1 saturated heterocycles. The number of aromatic nitrogens is 2. The van der Waals surface area contributed by atoms with E-state index in [4.69, 9.17) is 10.9 Å². The number of carboxylic acids is 1. The zero-order chi connectivity index (χ0) is 22.5. The monoisotopic (exact) mass is 484 g/mol. The molecule has 1 aromatic rings. The van der Waals surface area contributed by atoms with Gasteiger partial charge in [-0.15, -0.1) is 22.0 Å². The Hall–Kier alpha value is -2.52. The van der Waals surface area contributed by atoms with E-state index in [2.05, 4.69) is 20.7 Å². The highest BCUT2D eigenvalue weighted by atomic mass is 32.2. The minimum absolute atomic E-state index is 0.0430. The van der Waals surface area contributed by atoms with Gasteiger partial charge in [0.15, 0.2) is 4.34 Å². The standard InChI is InChI=1S/C16H20N8O4S3/c1-8-20-21-16(31-8)30-6-9-5-29-14-10(13(26)24(14)12(9)15(27)28)2-3-19-11(25)4-23(7-17)22-18/h7,10,14,17-18H,2-6H2,1H3,(H,19,25)(H,27,28). The number of hydrogen-bond acceptors (Lipinski definition) is 11. The number of hydrogen-bond donors (Lipinski definition) is 4. The summed E-state index contributed by atoms with van der Waals surface area (Å²) in [5, 5.41) is 31.8. The van der Waals surface area contributed by atoms with Crippen molar-refractivity contribution in [2.75, 3.05) is 24.6 Å². The van der Waals surface area contributed by atoms with E-state index in [9.17, 15) is 19.5 Å². The summed E-state index contributed by atoms with van der Waals surface area (Å²) in [5.41, 5.74) is 7.54. The fourth-order valence-electron chi connectivity index (χ4n) is 3.17. The second-order valence-electron chi connectivity index (χ2n) is 6.61. The van der Waals surface area contributed by atoms with E-state index in [1.807, 2.05) is 6.92 Å². The fraction of sp³-hybridized carbons (Fsp3) is 0.500. The van der Waals surface area contributed by atoms with Crippen LogP contribution in [-0.4, -0.2) is 79.3 Å². The van der Waals surface area contributed by atoms with Crippen molar-refractivity contribution < 1.29 is 19.5 Å². The number of thioether (sulfide) groups is 2. The molecule has 2 unspecified atom stereocenters. The molecule has 3 rings (SSSR count). The summed E-state index contributed by atoms with van der Waals surface area (Å²) in [5.74, 6) is -1.26. The molecule has 1 aromatic heterocycles. The summed E-state index contributed by atoms with van der Waals surface area (Å²) in [6.07, 6.45) is 1.14. The van der Waals surface area contributed by atoms with Crippen LogP contribution in [0.2, 0.25) is 0 Å². The number of carboxylic acid groups (broad SMARTS) is 1. The van der Waals surface area contributed by atoms with E-state index in [0.717, 1.165) is 20.7 Å². The number of carbonyl (C=O) groups is 3. The van der Waals surface area contributed by atoms with Crippen LogP contribution in [0.4, 0.5) is 0 Å². The van der Waals surface area contributed by atoms with Crippen LogP contribution in [0.3, 0.4) is 0 Å². The van der Waals surface area contributed by atoms with Crippen LogP contribution in [0.1, 0.15) is 11.4 Å². The SMILES string of the molecule is Cc1nnc(SCC2=C(C(=O)O)N3C(=O)C(CCNC(=O)CN(C=N)N=N)C3SC2)s1. The molecule has 2 atom stereocenters. The van der Waals surface area contributed by atoms with Crippen LogP contribution >= 0.6 is 34.9 Å². The molecule has 12 nitrogen and oxygen atoms in total. The minimum atomic E-state index is -1.12. The molecule has 0 saturated carbocycles. The summed E-state index contributed by atoms with van der Waals surface area (Å²) in [4.78, 5) is 37.7. The van der Waals surface area contributed by atoms with Crippen molar-refractivity contribution in [1.29, 1.82) is 10.9 Å². The van der Waals surface area contributed by atoms with Gasteiger partial charge in [0.05, 0.1) is 11.3 Å². The van der Waals surface area contributed by atoms with Crippen LogP contribution in [0.25, 0.3) is 0 Å². The van der Waals surface area contributed by atoms with Gasteiger partial charge in [-0.3, -0.25) is 19.9 Å². The topological polar surface area (TPSA) is 176 Å². The van der Waals surface area contributed by atoms with Crippen molar-refractivity contribution in [1.82, 2.24) is 25.4 Å². The molecule has 0 bridgehead atoms. The largest absolute Gasteiger partial charge is 0.477 e. The van der Waals surface area contributed by atoms with Crippen molar-refractivity contribution >= 4 is 59.0 Å². The third-order valence-electron chi connectivity index (χ3n) is 4.60. The molecule has 166 valence electrons. The number of fused-ring (bicyclic) bond motifs is 1. The van der Waals surface area contributed by atoms with Crippen molar-refractivity contribution in [2.24, 2.45) is 11.1 Å². The van der Waals surface area contributed by atoms with Crippen LogP contribution < -0.4 is 5.32 Å². The Kier molecular flexibility index (Phi) is 7.61. The molecule has 0 spiro atoms. The van der Waals surface area contributed by atoms with Gasteiger partial charge in [-0.25, -0.2) is 9.80 Å². The Morgan fingerprint density at radius 2 is 2.26 bits per heavy atom. The molecule has 0 aliphatic carbocycles. The molecule has 4 N–H and O–H groups in total. The Morgan fingerprint density at radius 3 is 2.87 bits per heavy atom. The molecular formula is C16H20N8O4S3. The van der Waals surface area contributed by atoms with Crippen molar-refractivity contribution in [3.8, 4) is 0 Å². The fourth-order valence-corrected chi connectivity index (χ4v) is 6.58. The van der Waals surface area contributed by atoms with Crippen LogP contribution in [0.5, 0.6) is 0 Å². The van der Waals surface area contributed by atoms with Crippen LogP contribution in [0.15, 0.2) is 20.8 Å². The zero-order valence-electron chi connectivity index (χ0n) is 16.4. The number of rotatable bonds is 11. The highest BCUT2D eigenvalue weighted by Crippen LogP contribution is 2.45. The zero-order valence-corrected chi connectivity index (χ0v) is 18.8. The molecule has 1 fully saturated rings. The predicted molar refractivity (Wildman–Crippen MR) is 115 cm³/mol. The van der Waals surface area contributed by atoms with Crippen LogP contribution in [-0.2, 0) is 14.4 Å². The minimum Gasteiger partial charge on any atom is -0.477 e. The summed E-state index contributed by atoms with van der Waals surface area (Å²) in [6.45, 7) is 1.83. The molecule has 15 heteroatoms. The Balaban J connectivity index is 1.57. The second kappa shape index (κ2) is 10.2. The summed E-state index contributed by atoms with van der Waals surface area (Å²) >= 11 is 4.36. The first-order valence-corrected chi connectivity index (χ1v) is 11.9. The van der Waals surface area contributed by atoms with E-state index >= 15 is 0 Å². The lowest BCUT2D eigenvalue weighted by Crippen LogP contribution is -2.62. The predicted octanol–water partition coefficient (Wildman–Crippen LogP) is 1.17. The molecule has 31 heavy (non-hydrogen) atoms. The highest BCUT2D eigenvalue weighted by Gasteiger charge is 2.52. The Bertz CT molecular complexity index is 928. The number of aryl methyl sites for hydroxylation is 1. The van der Waals surface area contributed by atoms with Gasteiger partial charge < -0.3 is 10.4 Å². The van der Waals surface area contributed by atoms with E-state index in [0.29, 0.717) is 23.5 Å². The van der Waals surface area contributed by atoms with Gasteiger partial charge in [0.2, 0.25) is 11.8 Å². The van der Waals surface area contributed by atoms with E-state index < -0.39 is 11.9 Å². The molecule has 2 amide bonds. The Morgan fingerprint density at radius 1 is 1.48 bits per heavy atom. The summed E-state index contributed by atoms with van der Waals surface area (Å²) in [6, 6.07) is 0. The maximum atomic E-state index is 12.7. The van der Waals surface area contributed by atoms with Crippen LogP contribution in [0, 0.1) is 23.8 Å². The van der Waals surface area contributed by atoms with Crippen molar-refractivity contribution in [3.63, 3.8) is 0 Å². The maximum absolute atomic E-state index is 12.7. The smallest absolute Gasteiger partial charge is 0.352 e. The van der Waals surface area contributed by atoms with E-state index in [-0.39, 0.29) is 36.0 Å². The number of amides is 2. The summed E-state index contributed by atoms with van der Waals surface area (Å²) < 4.78 is 0.755. The van der Waals surface area contributed by atoms with Gasteiger partial charge >= 0.3 is 5.97 Å². The third-order valence-corrected chi connectivity index (χ3v) is 8.05. The molecule has 0 radical (unpaired) electrons. The molecular weight excluding hydrogens is 464 g/mol. The first-order chi connectivity index (χ1) is 14.8. The number of nitrogens with one attached hydrogen (secondary N) is 3. The molecule has 2 aliphatic rings. The van der Waals surface area contributed by atoms with Gasteiger partial charge in [-0.05, 0) is 18.9 Å². The van der Waals surface area contributed by atoms with Crippen molar-refractivity contribution in [3.05, 3.63) is 16.3 Å². The lowest BCUT2D eigenvalue weighted by Gasteiger charge is -2.49. The Labute approximate surface area is 189 Å². The second-order valence-corrected chi connectivity index (χ2v) is 10.1. The first kappa shape index (κ1) is 23.1. The normalized spacial score (nSPS) is 20.0. The molecule has 2 aliphatic heterocycles. The van der Waals surface area contributed by atoms with Gasteiger partial charge in [-0.2, -0.15) is 5.53 Å². The first-order valence-electron chi connectivity index (χ1n) is 9.10. The quantitative estimate of drug-likeness (QED) is 0.0896.